The van der Waals surface area contributed by atoms with Crippen molar-refractivity contribution in [1.82, 2.24) is 0 Å². The zero-order chi connectivity index (χ0) is 10.6. The van der Waals surface area contributed by atoms with Crippen LogP contribution in [0, 0.1) is 0 Å². The Morgan fingerprint density at radius 3 is 2.50 bits per heavy atom. The predicted octanol–water partition coefficient (Wildman–Crippen LogP) is 0.786. The molecule has 1 aliphatic heterocycles. The van der Waals surface area contributed by atoms with E-state index in [0.717, 1.165) is 5.75 Å². The van der Waals surface area contributed by atoms with E-state index in [9.17, 15) is 9.59 Å². The van der Waals surface area contributed by atoms with Crippen molar-refractivity contribution in [3.05, 3.63) is 0 Å². The molecule has 1 fully saturated rings. The van der Waals surface area contributed by atoms with Gasteiger partial charge >= 0.3 is 11.9 Å². The summed E-state index contributed by atoms with van der Waals surface area (Å²) in [6.07, 6.45) is 0.0600. The van der Waals surface area contributed by atoms with Gasteiger partial charge in [-0.3, -0.25) is 9.59 Å². The van der Waals surface area contributed by atoms with Crippen LogP contribution in [0.1, 0.15) is 19.3 Å². The minimum Gasteiger partial charge on any atom is -0.481 e. The van der Waals surface area contributed by atoms with Gasteiger partial charge < -0.3 is 14.9 Å². The highest BCUT2D eigenvalue weighted by Crippen LogP contribution is 2.39. The Labute approximate surface area is 85.4 Å². The lowest BCUT2D eigenvalue weighted by atomic mass is 10.1. The maximum atomic E-state index is 10.6. The molecule has 0 bridgehead atoms. The summed E-state index contributed by atoms with van der Waals surface area (Å²) in [5.74, 6) is -1.15. The number of aliphatic carboxylic acids is 2. The van der Waals surface area contributed by atoms with Crippen LogP contribution >= 0.6 is 11.8 Å². The van der Waals surface area contributed by atoms with Crippen LogP contribution < -0.4 is 0 Å². The SMILES string of the molecule is O=C(O)CCC1(CC(=O)O)OCCS1. The Kier molecular flexibility index (Phi) is 3.77. The van der Waals surface area contributed by atoms with Crippen LogP contribution in [0.5, 0.6) is 0 Å². The molecule has 0 radical (unpaired) electrons. The van der Waals surface area contributed by atoms with E-state index in [-0.39, 0.29) is 19.3 Å². The van der Waals surface area contributed by atoms with Gasteiger partial charge in [-0.25, -0.2) is 0 Å². The number of rotatable bonds is 5. The van der Waals surface area contributed by atoms with Gasteiger partial charge in [0.2, 0.25) is 0 Å². The highest BCUT2D eigenvalue weighted by molar-refractivity contribution is 8.00. The number of carboxylic acids is 2. The minimum atomic E-state index is -0.954. The van der Waals surface area contributed by atoms with Crippen LogP contribution in [-0.2, 0) is 14.3 Å². The van der Waals surface area contributed by atoms with Crippen molar-refractivity contribution in [3.63, 3.8) is 0 Å². The summed E-state index contributed by atoms with van der Waals surface area (Å²) >= 11 is 1.39. The van der Waals surface area contributed by atoms with Crippen LogP contribution in [0.2, 0.25) is 0 Å². The lowest BCUT2D eigenvalue weighted by molar-refractivity contribution is -0.143. The first-order chi connectivity index (χ1) is 6.54. The van der Waals surface area contributed by atoms with E-state index in [1.54, 1.807) is 0 Å². The maximum Gasteiger partial charge on any atom is 0.307 e. The van der Waals surface area contributed by atoms with Crippen LogP contribution in [-0.4, -0.2) is 39.4 Å². The first-order valence-electron chi connectivity index (χ1n) is 4.26. The summed E-state index contributed by atoms with van der Waals surface area (Å²) in [6, 6.07) is 0. The molecule has 1 saturated heterocycles. The molecule has 80 valence electrons. The zero-order valence-electron chi connectivity index (χ0n) is 7.56. The fraction of sp³-hybridized carbons (Fsp3) is 0.750. The van der Waals surface area contributed by atoms with Crippen molar-refractivity contribution >= 4 is 23.7 Å². The number of carbonyl (C=O) groups is 2. The molecule has 6 heteroatoms. The molecule has 0 aromatic heterocycles. The topological polar surface area (TPSA) is 83.8 Å². The molecule has 1 rings (SSSR count). The normalized spacial score (nSPS) is 26.3. The van der Waals surface area contributed by atoms with Crippen LogP contribution in [0.25, 0.3) is 0 Å². The van der Waals surface area contributed by atoms with Crippen molar-refractivity contribution in [3.8, 4) is 0 Å². The number of hydrogen-bond acceptors (Lipinski definition) is 4. The third kappa shape index (κ3) is 3.19. The van der Waals surface area contributed by atoms with Gasteiger partial charge in [-0.1, -0.05) is 0 Å². The molecule has 1 atom stereocenters. The van der Waals surface area contributed by atoms with Gasteiger partial charge in [-0.2, -0.15) is 0 Å². The summed E-state index contributed by atoms with van der Waals surface area (Å²) in [4.78, 5) is 20.1. The average Bonchev–Trinajstić information content (AvgIpc) is 2.49. The molecule has 1 aliphatic rings. The quantitative estimate of drug-likeness (QED) is 0.712. The van der Waals surface area contributed by atoms with E-state index in [1.165, 1.54) is 11.8 Å². The largest absolute Gasteiger partial charge is 0.481 e. The van der Waals surface area contributed by atoms with Crippen LogP contribution in [0.15, 0.2) is 0 Å². The number of hydrogen-bond donors (Lipinski definition) is 2. The lowest BCUT2D eigenvalue weighted by Crippen LogP contribution is -2.28. The van der Waals surface area contributed by atoms with Crippen molar-refractivity contribution in [2.45, 2.75) is 24.2 Å². The second-order valence-electron chi connectivity index (χ2n) is 3.07. The standard InChI is InChI=1S/C8H12O5S/c9-6(10)1-2-8(5-7(11)12)13-3-4-14-8/h1-5H2,(H,9,10)(H,11,12). The van der Waals surface area contributed by atoms with E-state index in [4.69, 9.17) is 14.9 Å². The second kappa shape index (κ2) is 4.65. The van der Waals surface area contributed by atoms with Crippen LogP contribution in [0.4, 0.5) is 0 Å². The zero-order valence-corrected chi connectivity index (χ0v) is 8.38. The number of ether oxygens (including phenoxy) is 1. The molecule has 0 amide bonds. The Balaban J connectivity index is 2.52. The highest BCUT2D eigenvalue weighted by atomic mass is 32.2. The summed E-state index contributed by atoms with van der Waals surface area (Å²) in [5.41, 5.74) is 0. The highest BCUT2D eigenvalue weighted by Gasteiger charge is 2.38. The molecule has 1 unspecified atom stereocenters. The molecule has 0 spiro atoms. The van der Waals surface area contributed by atoms with Crippen molar-refractivity contribution in [1.29, 1.82) is 0 Å². The monoisotopic (exact) mass is 220 g/mol. The fourth-order valence-electron chi connectivity index (χ4n) is 1.36. The van der Waals surface area contributed by atoms with Crippen molar-refractivity contribution in [2.24, 2.45) is 0 Å². The average molecular weight is 220 g/mol. The molecule has 5 nitrogen and oxygen atoms in total. The van der Waals surface area contributed by atoms with Gasteiger partial charge in [0.25, 0.3) is 0 Å². The molecular formula is C8H12O5S. The summed E-state index contributed by atoms with van der Waals surface area (Å²) in [5, 5.41) is 17.2. The van der Waals surface area contributed by atoms with Gasteiger partial charge in [0.1, 0.15) is 4.93 Å². The van der Waals surface area contributed by atoms with E-state index < -0.39 is 16.9 Å². The Bertz CT molecular complexity index is 234. The van der Waals surface area contributed by atoms with E-state index in [1.807, 2.05) is 0 Å². The first-order valence-corrected chi connectivity index (χ1v) is 5.24. The van der Waals surface area contributed by atoms with Gasteiger partial charge in [0.05, 0.1) is 13.0 Å². The van der Waals surface area contributed by atoms with Gasteiger partial charge in [-0.05, 0) is 6.42 Å². The third-order valence-electron chi connectivity index (χ3n) is 1.95. The molecule has 14 heavy (non-hydrogen) atoms. The Morgan fingerprint density at radius 2 is 2.07 bits per heavy atom. The predicted molar refractivity (Wildman–Crippen MR) is 50.3 cm³/mol. The number of carboxylic acid groups (broad SMARTS) is 2. The molecule has 1 heterocycles. The smallest absolute Gasteiger partial charge is 0.307 e. The molecule has 2 N–H and O–H groups in total. The summed E-state index contributed by atoms with van der Waals surface area (Å²) in [7, 11) is 0. The minimum absolute atomic E-state index is 0.0553. The summed E-state index contributed by atoms with van der Waals surface area (Å²) in [6.45, 7) is 0.498. The van der Waals surface area contributed by atoms with Crippen molar-refractivity contribution in [2.75, 3.05) is 12.4 Å². The van der Waals surface area contributed by atoms with E-state index in [0.29, 0.717) is 6.61 Å². The summed E-state index contributed by atoms with van der Waals surface area (Å²) < 4.78 is 5.32. The van der Waals surface area contributed by atoms with Gasteiger partial charge in [-0.15, -0.1) is 11.8 Å². The van der Waals surface area contributed by atoms with Crippen molar-refractivity contribution < 1.29 is 24.5 Å². The molecule has 0 aromatic carbocycles. The third-order valence-corrected chi connectivity index (χ3v) is 3.32. The molecule has 0 saturated carbocycles. The van der Waals surface area contributed by atoms with Gasteiger partial charge in [0, 0.05) is 12.2 Å². The molecule has 0 aromatic rings. The maximum absolute atomic E-state index is 10.6. The van der Waals surface area contributed by atoms with E-state index >= 15 is 0 Å². The molecule has 0 aliphatic carbocycles. The first kappa shape index (κ1) is 11.3. The van der Waals surface area contributed by atoms with Gasteiger partial charge in [0.15, 0.2) is 0 Å². The van der Waals surface area contributed by atoms with Crippen LogP contribution in [0.3, 0.4) is 0 Å². The Hall–Kier alpha value is -0.750. The number of thioether (sulfide) groups is 1. The molecular weight excluding hydrogens is 208 g/mol. The lowest BCUT2D eigenvalue weighted by Gasteiger charge is -2.24. The van der Waals surface area contributed by atoms with E-state index in [2.05, 4.69) is 0 Å². The Morgan fingerprint density at radius 1 is 1.36 bits per heavy atom. The second-order valence-corrected chi connectivity index (χ2v) is 4.51. The fourth-order valence-corrected chi connectivity index (χ4v) is 2.54.